The molecule has 1 saturated heterocycles. The maximum absolute atomic E-state index is 9.96. The number of likely N-dealkylation sites (tertiary alicyclic amines) is 1. The van der Waals surface area contributed by atoms with Crippen molar-refractivity contribution in [2.75, 3.05) is 13.1 Å². The molecule has 1 heterocycles. The molecule has 16 heavy (non-hydrogen) atoms. The zero-order chi connectivity index (χ0) is 11.4. The molecule has 3 atom stereocenters. The maximum atomic E-state index is 9.96. The number of hydrogen-bond donors (Lipinski definition) is 1. The molecule has 94 valence electrons. The first-order valence-corrected chi connectivity index (χ1v) is 7.23. The molecule has 1 N–H and O–H groups in total. The Labute approximate surface area is 100 Å². The zero-order valence-corrected chi connectivity index (χ0v) is 10.7. The molecule has 2 rings (SSSR count). The van der Waals surface area contributed by atoms with Gasteiger partial charge in [-0.3, -0.25) is 4.90 Å². The highest BCUT2D eigenvalue weighted by molar-refractivity contribution is 4.86. The van der Waals surface area contributed by atoms with Gasteiger partial charge in [0.2, 0.25) is 0 Å². The fourth-order valence-corrected chi connectivity index (χ4v) is 3.56. The van der Waals surface area contributed by atoms with Gasteiger partial charge < -0.3 is 5.11 Å². The molecule has 0 aromatic rings. The number of nitrogens with zero attached hydrogens (tertiary/aromatic N) is 1. The van der Waals surface area contributed by atoms with Crippen LogP contribution in [0.5, 0.6) is 0 Å². The van der Waals surface area contributed by atoms with Gasteiger partial charge in [-0.05, 0) is 57.5 Å². The van der Waals surface area contributed by atoms with E-state index in [1.165, 1.54) is 58.0 Å². The van der Waals surface area contributed by atoms with E-state index in [1.807, 2.05) is 0 Å². The normalized spacial score (nSPS) is 37.5. The van der Waals surface area contributed by atoms with Crippen molar-refractivity contribution in [1.29, 1.82) is 0 Å². The van der Waals surface area contributed by atoms with E-state index < -0.39 is 0 Å². The quantitative estimate of drug-likeness (QED) is 0.798. The van der Waals surface area contributed by atoms with Crippen LogP contribution in [0.3, 0.4) is 0 Å². The summed E-state index contributed by atoms with van der Waals surface area (Å²) < 4.78 is 0. The van der Waals surface area contributed by atoms with Gasteiger partial charge in [0.1, 0.15) is 0 Å². The molecule has 0 spiro atoms. The highest BCUT2D eigenvalue weighted by Crippen LogP contribution is 2.28. The summed E-state index contributed by atoms with van der Waals surface area (Å²) >= 11 is 0. The SMILES string of the molecule is CCCC1CCCN(C2CCCC2O)CC1. The average molecular weight is 225 g/mol. The van der Waals surface area contributed by atoms with E-state index in [-0.39, 0.29) is 6.10 Å². The molecule has 1 aliphatic carbocycles. The number of aliphatic hydroxyl groups is 1. The van der Waals surface area contributed by atoms with E-state index in [0.717, 1.165) is 12.3 Å². The van der Waals surface area contributed by atoms with Crippen LogP contribution in [-0.4, -0.2) is 35.2 Å². The Morgan fingerprint density at radius 2 is 1.94 bits per heavy atom. The van der Waals surface area contributed by atoms with Crippen LogP contribution in [-0.2, 0) is 0 Å². The Hall–Kier alpha value is -0.0800. The van der Waals surface area contributed by atoms with E-state index in [1.54, 1.807) is 0 Å². The zero-order valence-electron chi connectivity index (χ0n) is 10.7. The summed E-state index contributed by atoms with van der Waals surface area (Å²) in [6, 6.07) is 0.486. The first-order chi connectivity index (χ1) is 7.81. The molecule has 1 aliphatic heterocycles. The number of rotatable bonds is 3. The Morgan fingerprint density at radius 3 is 2.62 bits per heavy atom. The minimum atomic E-state index is -0.0391. The van der Waals surface area contributed by atoms with Gasteiger partial charge in [-0.1, -0.05) is 19.8 Å². The molecule has 0 aromatic heterocycles. The monoisotopic (exact) mass is 225 g/mol. The highest BCUT2D eigenvalue weighted by Gasteiger charge is 2.31. The van der Waals surface area contributed by atoms with Crippen LogP contribution in [0.2, 0.25) is 0 Å². The van der Waals surface area contributed by atoms with Crippen molar-refractivity contribution >= 4 is 0 Å². The van der Waals surface area contributed by atoms with Gasteiger partial charge in [-0.2, -0.15) is 0 Å². The summed E-state index contributed by atoms with van der Waals surface area (Å²) in [7, 11) is 0. The first-order valence-electron chi connectivity index (χ1n) is 7.23. The smallest absolute Gasteiger partial charge is 0.0695 e. The summed E-state index contributed by atoms with van der Waals surface area (Å²) in [5, 5.41) is 9.96. The third-order valence-electron chi connectivity index (χ3n) is 4.49. The minimum Gasteiger partial charge on any atom is -0.391 e. The Bertz CT molecular complexity index is 207. The van der Waals surface area contributed by atoms with Crippen molar-refractivity contribution in [3.05, 3.63) is 0 Å². The molecule has 2 aliphatic rings. The predicted molar refractivity (Wildman–Crippen MR) is 67.5 cm³/mol. The topological polar surface area (TPSA) is 23.5 Å². The second kappa shape index (κ2) is 6.02. The van der Waals surface area contributed by atoms with Gasteiger partial charge in [0.15, 0.2) is 0 Å². The van der Waals surface area contributed by atoms with Gasteiger partial charge in [0, 0.05) is 6.04 Å². The standard InChI is InChI=1S/C14H27NO/c1-2-5-12-6-4-10-15(11-9-12)13-7-3-8-14(13)16/h12-14,16H,2-11H2,1H3. The molecule has 0 amide bonds. The molecule has 2 fully saturated rings. The van der Waals surface area contributed by atoms with Crippen molar-refractivity contribution in [2.45, 2.75) is 70.4 Å². The van der Waals surface area contributed by atoms with E-state index >= 15 is 0 Å². The third kappa shape index (κ3) is 2.98. The van der Waals surface area contributed by atoms with Crippen LogP contribution in [0.1, 0.15) is 58.3 Å². The lowest BCUT2D eigenvalue weighted by Crippen LogP contribution is -2.41. The summed E-state index contributed by atoms with van der Waals surface area (Å²) in [6.45, 7) is 4.75. The van der Waals surface area contributed by atoms with Gasteiger partial charge >= 0.3 is 0 Å². The molecule has 0 radical (unpaired) electrons. The average Bonchev–Trinajstić information content (AvgIpc) is 2.57. The van der Waals surface area contributed by atoms with Crippen molar-refractivity contribution < 1.29 is 5.11 Å². The van der Waals surface area contributed by atoms with Crippen molar-refractivity contribution in [1.82, 2.24) is 4.90 Å². The molecule has 2 heteroatoms. The summed E-state index contributed by atoms with van der Waals surface area (Å²) in [6.07, 6.45) is 10.3. The Morgan fingerprint density at radius 1 is 1.06 bits per heavy atom. The summed E-state index contributed by atoms with van der Waals surface area (Å²) in [4.78, 5) is 2.58. The van der Waals surface area contributed by atoms with Crippen LogP contribution in [0, 0.1) is 5.92 Å². The fourth-order valence-electron chi connectivity index (χ4n) is 3.56. The third-order valence-corrected chi connectivity index (χ3v) is 4.49. The molecular weight excluding hydrogens is 198 g/mol. The van der Waals surface area contributed by atoms with Crippen molar-refractivity contribution in [3.8, 4) is 0 Å². The van der Waals surface area contributed by atoms with E-state index in [2.05, 4.69) is 11.8 Å². The van der Waals surface area contributed by atoms with Crippen LogP contribution in [0.4, 0.5) is 0 Å². The van der Waals surface area contributed by atoms with Gasteiger partial charge in [0.25, 0.3) is 0 Å². The Kier molecular flexibility index (Phi) is 4.66. The predicted octanol–water partition coefficient (Wildman–Crippen LogP) is 2.80. The number of hydrogen-bond acceptors (Lipinski definition) is 2. The Balaban J connectivity index is 1.83. The highest BCUT2D eigenvalue weighted by atomic mass is 16.3. The minimum absolute atomic E-state index is 0.0391. The molecule has 0 aromatic carbocycles. The lowest BCUT2D eigenvalue weighted by atomic mass is 9.96. The lowest BCUT2D eigenvalue weighted by molar-refractivity contribution is 0.0720. The number of aliphatic hydroxyl groups excluding tert-OH is 1. The van der Waals surface area contributed by atoms with Gasteiger partial charge in [-0.25, -0.2) is 0 Å². The largest absolute Gasteiger partial charge is 0.391 e. The van der Waals surface area contributed by atoms with Crippen molar-refractivity contribution in [2.24, 2.45) is 5.92 Å². The fraction of sp³-hybridized carbons (Fsp3) is 1.00. The second-order valence-corrected chi connectivity index (χ2v) is 5.69. The summed E-state index contributed by atoms with van der Waals surface area (Å²) in [5.74, 6) is 0.952. The lowest BCUT2D eigenvalue weighted by Gasteiger charge is -2.29. The van der Waals surface area contributed by atoms with Crippen LogP contribution in [0.25, 0.3) is 0 Å². The first kappa shape index (κ1) is 12.4. The molecule has 3 unspecified atom stereocenters. The second-order valence-electron chi connectivity index (χ2n) is 5.69. The molecule has 1 saturated carbocycles. The van der Waals surface area contributed by atoms with Gasteiger partial charge in [0.05, 0.1) is 6.10 Å². The van der Waals surface area contributed by atoms with Crippen LogP contribution in [0.15, 0.2) is 0 Å². The van der Waals surface area contributed by atoms with E-state index in [0.29, 0.717) is 6.04 Å². The van der Waals surface area contributed by atoms with E-state index in [4.69, 9.17) is 0 Å². The maximum Gasteiger partial charge on any atom is 0.0695 e. The molecule has 0 bridgehead atoms. The van der Waals surface area contributed by atoms with Crippen molar-refractivity contribution in [3.63, 3.8) is 0 Å². The van der Waals surface area contributed by atoms with Gasteiger partial charge in [-0.15, -0.1) is 0 Å². The molecule has 2 nitrogen and oxygen atoms in total. The van der Waals surface area contributed by atoms with Crippen LogP contribution < -0.4 is 0 Å². The van der Waals surface area contributed by atoms with Crippen LogP contribution >= 0.6 is 0 Å². The van der Waals surface area contributed by atoms with E-state index in [9.17, 15) is 5.11 Å². The molecular formula is C14H27NO. The summed E-state index contributed by atoms with van der Waals surface area (Å²) in [5.41, 5.74) is 0.